The fraction of sp³-hybridized carbons (Fsp3) is 0.545. The fourth-order valence-corrected chi connectivity index (χ4v) is 4.20. The minimum atomic E-state index is 0. The maximum atomic E-state index is 6.20. The molecule has 0 atom stereocenters. The zero-order valence-corrected chi connectivity index (χ0v) is 21.2. The summed E-state index contributed by atoms with van der Waals surface area (Å²) in [5.41, 5.74) is 1.10. The molecule has 2 aromatic rings. The van der Waals surface area contributed by atoms with Crippen LogP contribution in [-0.2, 0) is 13.0 Å². The molecule has 1 saturated carbocycles. The van der Waals surface area contributed by atoms with Gasteiger partial charge in [-0.1, -0.05) is 6.07 Å². The fourth-order valence-electron chi connectivity index (χ4n) is 3.41. The van der Waals surface area contributed by atoms with Crippen molar-refractivity contribution in [3.63, 3.8) is 0 Å². The molecule has 1 aliphatic rings. The van der Waals surface area contributed by atoms with E-state index in [0.29, 0.717) is 12.6 Å². The van der Waals surface area contributed by atoms with E-state index in [1.165, 1.54) is 17.7 Å². The molecule has 0 aliphatic heterocycles. The summed E-state index contributed by atoms with van der Waals surface area (Å²) in [5, 5.41) is 7.85. The SMILES string of the molecule is CCNC(=NCc1ccc(OC)c(OC2CCCC2)c1)NCCc1ncc(C)s1.I. The van der Waals surface area contributed by atoms with Crippen LogP contribution >= 0.6 is 35.3 Å². The van der Waals surface area contributed by atoms with Crippen LogP contribution in [0.5, 0.6) is 11.5 Å². The summed E-state index contributed by atoms with van der Waals surface area (Å²) in [6, 6.07) is 6.08. The monoisotopic (exact) mass is 544 g/mol. The predicted octanol–water partition coefficient (Wildman–Crippen LogP) is 4.70. The highest BCUT2D eigenvalue weighted by Crippen LogP contribution is 2.32. The molecule has 2 N–H and O–H groups in total. The molecule has 1 fully saturated rings. The number of benzene rings is 1. The Bertz CT molecular complexity index is 806. The van der Waals surface area contributed by atoms with Crippen LogP contribution in [0, 0.1) is 6.92 Å². The molecule has 6 nitrogen and oxygen atoms in total. The lowest BCUT2D eigenvalue weighted by atomic mass is 10.2. The third-order valence-corrected chi connectivity index (χ3v) is 5.86. The Balaban J connectivity index is 0.00000320. The van der Waals surface area contributed by atoms with Gasteiger partial charge in [-0.15, -0.1) is 35.3 Å². The van der Waals surface area contributed by atoms with Crippen LogP contribution < -0.4 is 20.1 Å². The molecule has 1 aliphatic carbocycles. The molecule has 0 unspecified atom stereocenters. The van der Waals surface area contributed by atoms with Gasteiger partial charge in [-0.05, 0) is 57.2 Å². The minimum absolute atomic E-state index is 0. The molecule has 0 spiro atoms. The van der Waals surface area contributed by atoms with E-state index in [1.807, 2.05) is 18.3 Å². The number of aliphatic imine (C=N–C) groups is 1. The summed E-state index contributed by atoms with van der Waals surface area (Å²) in [6.07, 6.45) is 7.86. The van der Waals surface area contributed by atoms with Crippen LogP contribution in [0.1, 0.15) is 48.1 Å². The first kappa shape index (κ1) is 24.7. The van der Waals surface area contributed by atoms with Gasteiger partial charge in [-0.25, -0.2) is 9.98 Å². The number of hydrogen-bond donors (Lipinski definition) is 2. The largest absolute Gasteiger partial charge is 0.493 e. The highest BCUT2D eigenvalue weighted by Gasteiger charge is 2.18. The van der Waals surface area contributed by atoms with Gasteiger partial charge in [-0.3, -0.25) is 0 Å². The van der Waals surface area contributed by atoms with Crippen molar-refractivity contribution in [2.75, 3.05) is 20.2 Å². The molecule has 166 valence electrons. The number of aromatic nitrogens is 1. The van der Waals surface area contributed by atoms with E-state index in [1.54, 1.807) is 18.4 Å². The van der Waals surface area contributed by atoms with Crippen molar-refractivity contribution in [2.24, 2.45) is 4.99 Å². The molecule has 0 saturated heterocycles. The third-order valence-electron chi connectivity index (χ3n) is 4.89. The summed E-state index contributed by atoms with van der Waals surface area (Å²) >= 11 is 1.74. The van der Waals surface area contributed by atoms with E-state index in [2.05, 4.69) is 35.5 Å². The Morgan fingerprint density at radius 3 is 2.70 bits per heavy atom. The molecule has 8 heteroatoms. The molecular weight excluding hydrogens is 511 g/mol. The van der Waals surface area contributed by atoms with Gasteiger partial charge in [0, 0.05) is 30.6 Å². The second kappa shape index (κ2) is 13.0. The van der Waals surface area contributed by atoms with Gasteiger partial charge < -0.3 is 20.1 Å². The topological polar surface area (TPSA) is 67.8 Å². The standard InChI is InChI=1S/C22H32N4O2S.HI/c1-4-23-22(24-12-11-21-25-14-16(2)29-21)26-15-17-9-10-19(27-3)20(13-17)28-18-7-5-6-8-18;/h9-10,13-14,18H,4-8,11-12,15H2,1-3H3,(H2,23,24,26);1H. The Labute approximate surface area is 200 Å². The average Bonchev–Trinajstić information content (AvgIpc) is 3.38. The lowest BCUT2D eigenvalue weighted by molar-refractivity contribution is 0.200. The van der Waals surface area contributed by atoms with Gasteiger partial charge in [0.1, 0.15) is 0 Å². The second-order valence-corrected chi connectivity index (χ2v) is 8.57. The van der Waals surface area contributed by atoms with Crippen molar-refractivity contribution < 1.29 is 9.47 Å². The van der Waals surface area contributed by atoms with Gasteiger partial charge >= 0.3 is 0 Å². The zero-order valence-electron chi connectivity index (χ0n) is 18.1. The number of hydrogen-bond acceptors (Lipinski definition) is 5. The van der Waals surface area contributed by atoms with Crippen LogP contribution in [0.25, 0.3) is 0 Å². The van der Waals surface area contributed by atoms with Gasteiger partial charge in [0.2, 0.25) is 0 Å². The van der Waals surface area contributed by atoms with Crippen LogP contribution in [-0.4, -0.2) is 37.2 Å². The maximum Gasteiger partial charge on any atom is 0.191 e. The van der Waals surface area contributed by atoms with Gasteiger partial charge in [-0.2, -0.15) is 0 Å². The van der Waals surface area contributed by atoms with Gasteiger partial charge in [0.15, 0.2) is 17.5 Å². The van der Waals surface area contributed by atoms with Crippen molar-refractivity contribution in [1.82, 2.24) is 15.6 Å². The summed E-state index contributed by atoms with van der Waals surface area (Å²) < 4.78 is 11.7. The number of nitrogens with zero attached hydrogens (tertiary/aromatic N) is 2. The van der Waals surface area contributed by atoms with E-state index in [4.69, 9.17) is 14.5 Å². The first-order valence-electron chi connectivity index (χ1n) is 10.4. The van der Waals surface area contributed by atoms with Crippen molar-refractivity contribution in [1.29, 1.82) is 0 Å². The van der Waals surface area contributed by atoms with Crippen molar-refractivity contribution in [2.45, 2.75) is 58.6 Å². The van der Waals surface area contributed by atoms with Gasteiger partial charge in [0.25, 0.3) is 0 Å². The highest BCUT2D eigenvalue weighted by molar-refractivity contribution is 14.0. The zero-order chi connectivity index (χ0) is 20.5. The number of ether oxygens (including phenoxy) is 2. The molecule has 30 heavy (non-hydrogen) atoms. The lowest BCUT2D eigenvalue weighted by Crippen LogP contribution is -2.38. The van der Waals surface area contributed by atoms with Crippen molar-refractivity contribution in [3.8, 4) is 11.5 Å². The Morgan fingerprint density at radius 2 is 2.03 bits per heavy atom. The Morgan fingerprint density at radius 1 is 1.23 bits per heavy atom. The quantitative estimate of drug-likeness (QED) is 0.272. The second-order valence-electron chi connectivity index (χ2n) is 7.25. The number of guanidine groups is 1. The minimum Gasteiger partial charge on any atom is -0.493 e. The number of halogens is 1. The number of aryl methyl sites for hydroxylation is 1. The van der Waals surface area contributed by atoms with Crippen LogP contribution in [0.3, 0.4) is 0 Å². The number of thiazole rings is 1. The maximum absolute atomic E-state index is 6.20. The van der Waals surface area contributed by atoms with E-state index in [9.17, 15) is 0 Å². The molecule has 1 aromatic carbocycles. The molecule has 0 radical (unpaired) electrons. The van der Waals surface area contributed by atoms with E-state index >= 15 is 0 Å². The summed E-state index contributed by atoms with van der Waals surface area (Å²) in [5.74, 6) is 2.42. The highest BCUT2D eigenvalue weighted by atomic mass is 127. The first-order chi connectivity index (χ1) is 14.2. The number of nitrogens with one attached hydrogen (secondary N) is 2. The summed E-state index contributed by atoms with van der Waals surface area (Å²) in [4.78, 5) is 10.4. The van der Waals surface area contributed by atoms with Crippen LogP contribution in [0.15, 0.2) is 29.4 Å². The summed E-state index contributed by atoms with van der Waals surface area (Å²) in [7, 11) is 1.69. The predicted molar refractivity (Wildman–Crippen MR) is 135 cm³/mol. The van der Waals surface area contributed by atoms with E-state index < -0.39 is 0 Å². The normalized spacial score (nSPS) is 14.3. The summed E-state index contributed by atoms with van der Waals surface area (Å²) in [6.45, 7) is 6.36. The lowest BCUT2D eigenvalue weighted by Gasteiger charge is -2.17. The molecular formula is C22H33IN4O2S. The average molecular weight is 545 g/mol. The van der Waals surface area contributed by atoms with Crippen LogP contribution in [0.4, 0.5) is 0 Å². The molecule has 3 rings (SSSR count). The third kappa shape index (κ3) is 7.61. The van der Waals surface area contributed by atoms with E-state index in [0.717, 1.165) is 60.4 Å². The molecule has 1 heterocycles. The number of rotatable bonds is 9. The Hall–Kier alpha value is -1.55. The van der Waals surface area contributed by atoms with Crippen molar-refractivity contribution >= 4 is 41.3 Å². The smallest absolute Gasteiger partial charge is 0.191 e. The molecule has 0 bridgehead atoms. The van der Waals surface area contributed by atoms with E-state index in [-0.39, 0.29) is 24.0 Å². The van der Waals surface area contributed by atoms with Gasteiger partial charge in [0.05, 0.1) is 24.8 Å². The van der Waals surface area contributed by atoms with Crippen LogP contribution in [0.2, 0.25) is 0 Å². The van der Waals surface area contributed by atoms with Crippen molar-refractivity contribution in [3.05, 3.63) is 39.8 Å². The number of methoxy groups -OCH3 is 1. The molecule has 1 aromatic heterocycles. The Kier molecular flexibility index (Phi) is 10.7. The molecule has 0 amide bonds. The first-order valence-corrected chi connectivity index (χ1v) is 11.3.